The molecule has 1 aliphatic rings. The topological polar surface area (TPSA) is 49.4 Å². The van der Waals surface area contributed by atoms with Crippen LogP contribution in [0.3, 0.4) is 0 Å². The number of nitrogens with one attached hydrogen (secondary N) is 1. The van der Waals surface area contributed by atoms with E-state index < -0.39 is 0 Å². The molecule has 1 heterocycles. The molecule has 0 unspecified atom stereocenters. The van der Waals surface area contributed by atoms with Crippen LogP contribution in [0.2, 0.25) is 0 Å². The van der Waals surface area contributed by atoms with Crippen molar-refractivity contribution in [3.8, 4) is 0 Å². The number of carbonyl (C=O) groups is 2. The molecule has 4 nitrogen and oxygen atoms in total. The Morgan fingerprint density at radius 1 is 1.08 bits per heavy atom. The highest BCUT2D eigenvalue weighted by atomic mass is 16.2. The summed E-state index contributed by atoms with van der Waals surface area (Å²) in [5.41, 5.74) is 3.85. The van der Waals surface area contributed by atoms with Crippen LogP contribution in [0, 0.1) is 13.8 Å². The largest absolute Gasteiger partial charge is 0.343 e. The van der Waals surface area contributed by atoms with Crippen LogP contribution in [0.1, 0.15) is 45.9 Å². The predicted molar refractivity (Wildman–Crippen MR) is 98.4 cm³/mol. The number of hydrogen-bond acceptors (Lipinski definition) is 2. The SMILES string of the molecule is Cc1cc(C)cc(C(=O)NCC(=O)N2CCC[C@H]2c2ccccc2)c1. The van der Waals surface area contributed by atoms with Gasteiger partial charge in [-0.15, -0.1) is 0 Å². The van der Waals surface area contributed by atoms with Gasteiger partial charge >= 0.3 is 0 Å². The lowest BCUT2D eigenvalue weighted by atomic mass is 10.0. The maximum absolute atomic E-state index is 12.6. The molecule has 0 saturated carbocycles. The number of likely N-dealkylation sites (tertiary alicyclic amines) is 1. The molecule has 4 heteroatoms. The summed E-state index contributed by atoms with van der Waals surface area (Å²) < 4.78 is 0. The second-order valence-corrected chi connectivity index (χ2v) is 6.71. The zero-order chi connectivity index (χ0) is 17.8. The maximum Gasteiger partial charge on any atom is 0.251 e. The molecule has 0 radical (unpaired) electrons. The quantitative estimate of drug-likeness (QED) is 0.930. The smallest absolute Gasteiger partial charge is 0.251 e. The standard InChI is InChI=1S/C21H24N2O2/c1-15-11-16(2)13-18(12-15)21(25)22-14-20(24)23-10-6-9-19(23)17-7-4-3-5-8-17/h3-5,7-8,11-13,19H,6,9-10,14H2,1-2H3,(H,22,25)/t19-/m0/s1. The highest BCUT2D eigenvalue weighted by Gasteiger charge is 2.29. The van der Waals surface area contributed by atoms with Crippen molar-refractivity contribution < 1.29 is 9.59 Å². The molecule has 0 aromatic heterocycles. The van der Waals surface area contributed by atoms with Crippen LogP contribution in [0.5, 0.6) is 0 Å². The first-order valence-corrected chi connectivity index (χ1v) is 8.75. The van der Waals surface area contributed by atoms with E-state index in [1.165, 1.54) is 0 Å². The van der Waals surface area contributed by atoms with E-state index in [0.29, 0.717) is 5.56 Å². The van der Waals surface area contributed by atoms with Gasteiger partial charge in [0.1, 0.15) is 0 Å². The molecule has 0 spiro atoms. The van der Waals surface area contributed by atoms with Crippen LogP contribution in [-0.2, 0) is 4.79 Å². The number of nitrogens with zero attached hydrogens (tertiary/aromatic N) is 1. The lowest BCUT2D eigenvalue weighted by Gasteiger charge is -2.25. The molecule has 2 aromatic rings. The van der Waals surface area contributed by atoms with Crippen molar-refractivity contribution in [2.24, 2.45) is 0 Å². The van der Waals surface area contributed by atoms with Crippen molar-refractivity contribution >= 4 is 11.8 Å². The summed E-state index contributed by atoms with van der Waals surface area (Å²) in [6.07, 6.45) is 1.97. The van der Waals surface area contributed by atoms with E-state index in [4.69, 9.17) is 0 Å². The minimum Gasteiger partial charge on any atom is -0.343 e. The zero-order valence-corrected chi connectivity index (χ0v) is 14.8. The highest BCUT2D eigenvalue weighted by molar-refractivity contribution is 5.96. The van der Waals surface area contributed by atoms with Gasteiger partial charge in [0, 0.05) is 12.1 Å². The Hall–Kier alpha value is -2.62. The Morgan fingerprint density at radius 3 is 2.44 bits per heavy atom. The van der Waals surface area contributed by atoms with Gasteiger partial charge in [0.2, 0.25) is 5.91 Å². The fourth-order valence-electron chi connectivity index (χ4n) is 3.55. The summed E-state index contributed by atoms with van der Waals surface area (Å²) in [7, 11) is 0. The van der Waals surface area contributed by atoms with Gasteiger partial charge in [-0.2, -0.15) is 0 Å². The monoisotopic (exact) mass is 336 g/mol. The molecule has 1 fully saturated rings. The van der Waals surface area contributed by atoms with Crippen molar-refractivity contribution in [1.82, 2.24) is 10.2 Å². The third-order valence-corrected chi connectivity index (χ3v) is 4.64. The Kier molecular flexibility index (Phi) is 5.17. The van der Waals surface area contributed by atoms with E-state index in [1.807, 2.05) is 55.1 Å². The molecule has 130 valence electrons. The van der Waals surface area contributed by atoms with E-state index in [2.05, 4.69) is 17.4 Å². The van der Waals surface area contributed by atoms with Crippen LogP contribution in [0.25, 0.3) is 0 Å². The summed E-state index contributed by atoms with van der Waals surface area (Å²) >= 11 is 0. The summed E-state index contributed by atoms with van der Waals surface area (Å²) in [5, 5.41) is 2.77. The second kappa shape index (κ2) is 7.51. The van der Waals surface area contributed by atoms with E-state index in [9.17, 15) is 9.59 Å². The summed E-state index contributed by atoms with van der Waals surface area (Å²) in [4.78, 5) is 26.8. The number of hydrogen-bond donors (Lipinski definition) is 1. The van der Waals surface area contributed by atoms with Gasteiger partial charge in [-0.1, -0.05) is 47.5 Å². The molecule has 2 aromatic carbocycles. The average molecular weight is 336 g/mol. The van der Waals surface area contributed by atoms with E-state index in [-0.39, 0.29) is 24.4 Å². The molecule has 25 heavy (non-hydrogen) atoms. The molecule has 1 aliphatic heterocycles. The molecule has 0 bridgehead atoms. The van der Waals surface area contributed by atoms with Crippen molar-refractivity contribution in [2.75, 3.05) is 13.1 Å². The van der Waals surface area contributed by atoms with Crippen molar-refractivity contribution in [3.05, 3.63) is 70.8 Å². The number of aryl methyl sites for hydroxylation is 2. The van der Waals surface area contributed by atoms with Gasteiger partial charge < -0.3 is 10.2 Å². The van der Waals surface area contributed by atoms with Gasteiger partial charge in [-0.25, -0.2) is 0 Å². The van der Waals surface area contributed by atoms with Gasteiger partial charge in [0.15, 0.2) is 0 Å². The lowest BCUT2D eigenvalue weighted by molar-refractivity contribution is -0.131. The van der Waals surface area contributed by atoms with Crippen LogP contribution in [0.4, 0.5) is 0 Å². The lowest BCUT2D eigenvalue weighted by Crippen LogP contribution is -2.39. The highest BCUT2D eigenvalue weighted by Crippen LogP contribution is 2.31. The Morgan fingerprint density at radius 2 is 1.76 bits per heavy atom. The Labute approximate surface area is 148 Å². The van der Waals surface area contributed by atoms with Crippen molar-refractivity contribution in [3.63, 3.8) is 0 Å². The number of carbonyl (C=O) groups excluding carboxylic acids is 2. The molecular weight excluding hydrogens is 312 g/mol. The molecule has 1 N–H and O–H groups in total. The number of amides is 2. The molecular formula is C21H24N2O2. The first kappa shape index (κ1) is 17.2. The minimum atomic E-state index is -0.199. The van der Waals surface area contributed by atoms with Gasteiger partial charge in [-0.3, -0.25) is 9.59 Å². The number of rotatable bonds is 4. The van der Waals surface area contributed by atoms with E-state index in [0.717, 1.165) is 36.1 Å². The fourth-order valence-corrected chi connectivity index (χ4v) is 3.55. The summed E-state index contributed by atoms with van der Waals surface area (Å²) in [6.45, 7) is 4.71. The molecule has 0 aliphatic carbocycles. The van der Waals surface area contributed by atoms with Crippen LogP contribution in [-0.4, -0.2) is 29.8 Å². The minimum absolute atomic E-state index is 0.0240. The summed E-state index contributed by atoms with van der Waals surface area (Å²) in [5.74, 6) is -0.223. The predicted octanol–water partition coefficient (Wildman–Crippen LogP) is 3.40. The van der Waals surface area contributed by atoms with Crippen LogP contribution >= 0.6 is 0 Å². The average Bonchev–Trinajstić information content (AvgIpc) is 3.09. The Balaban J connectivity index is 1.63. The van der Waals surface area contributed by atoms with Crippen molar-refractivity contribution in [1.29, 1.82) is 0 Å². The van der Waals surface area contributed by atoms with Crippen molar-refractivity contribution in [2.45, 2.75) is 32.7 Å². The normalized spacial score (nSPS) is 16.7. The summed E-state index contributed by atoms with van der Waals surface area (Å²) in [6, 6.07) is 15.9. The molecule has 2 amide bonds. The number of benzene rings is 2. The van der Waals surface area contributed by atoms with Gasteiger partial charge in [-0.05, 0) is 44.4 Å². The van der Waals surface area contributed by atoms with Gasteiger partial charge in [0.05, 0.1) is 12.6 Å². The Bertz CT molecular complexity index is 750. The van der Waals surface area contributed by atoms with Crippen LogP contribution < -0.4 is 5.32 Å². The maximum atomic E-state index is 12.6. The van der Waals surface area contributed by atoms with E-state index >= 15 is 0 Å². The van der Waals surface area contributed by atoms with Gasteiger partial charge in [0.25, 0.3) is 5.91 Å². The first-order valence-electron chi connectivity index (χ1n) is 8.75. The molecule has 3 rings (SSSR count). The zero-order valence-electron chi connectivity index (χ0n) is 14.8. The molecule has 1 saturated heterocycles. The van der Waals surface area contributed by atoms with Crippen LogP contribution in [0.15, 0.2) is 48.5 Å². The third kappa shape index (κ3) is 4.08. The second-order valence-electron chi connectivity index (χ2n) is 6.71. The van der Waals surface area contributed by atoms with E-state index in [1.54, 1.807) is 0 Å². The fraction of sp³-hybridized carbons (Fsp3) is 0.333. The molecule has 1 atom stereocenters. The first-order chi connectivity index (χ1) is 12.0. The third-order valence-electron chi connectivity index (χ3n) is 4.64.